The maximum absolute atomic E-state index is 14.0. The van der Waals surface area contributed by atoms with E-state index in [0.717, 1.165) is 0 Å². The Morgan fingerprint density at radius 1 is 1.23 bits per heavy atom. The molecule has 1 aliphatic heterocycles. The summed E-state index contributed by atoms with van der Waals surface area (Å²) in [6.07, 6.45) is 0. The summed E-state index contributed by atoms with van der Waals surface area (Å²) in [5.41, 5.74) is 0.700. The van der Waals surface area contributed by atoms with Crippen molar-refractivity contribution in [2.75, 3.05) is 38.0 Å². The third-order valence-electron chi connectivity index (χ3n) is 4.75. The quantitative estimate of drug-likeness (QED) is 0.671. The van der Waals surface area contributed by atoms with Crippen molar-refractivity contribution in [1.82, 2.24) is 19.9 Å². The molecule has 0 spiro atoms. The predicted octanol–water partition coefficient (Wildman–Crippen LogP) is 2.64. The van der Waals surface area contributed by atoms with E-state index in [2.05, 4.69) is 15.5 Å². The van der Waals surface area contributed by atoms with Crippen LogP contribution in [0.2, 0.25) is 0 Å². The van der Waals surface area contributed by atoms with Gasteiger partial charge in [0, 0.05) is 43.2 Å². The third kappa shape index (κ3) is 4.55. The van der Waals surface area contributed by atoms with Gasteiger partial charge in [-0.15, -0.1) is 11.3 Å². The van der Waals surface area contributed by atoms with E-state index >= 15 is 0 Å². The molecule has 1 aromatic carbocycles. The Hall–Kier alpha value is -3.11. The van der Waals surface area contributed by atoms with Crippen LogP contribution in [0, 0.1) is 12.7 Å². The van der Waals surface area contributed by atoms with Crippen molar-refractivity contribution in [3.63, 3.8) is 0 Å². The molecule has 2 amide bonds. The highest BCUT2D eigenvalue weighted by Gasteiger charge is 2.25. The van der Waals surface area contributed by atoms with Gasteiger partial charge < -0.3 is 14.7 Å². The van der Waals surface area contributed by atoms with Crippen LogP contribution in [0.3, 0.4) is 0 Å². The number of nitrogens with zero attached hydrogens (tertiary/aromatic N) is 4. The Morgan fingerprint density at radius 3 is 2.70 bits per heavy atom. The van der Waals surface area contributed by atoms with Gasteiger partial charge in [0.05, 0.1) is 6.54 Å². The zero-order chi connectivity index (χ0) is 21.1. The first-order chi connectivity index (χ1) is 14.5. The van der Waals surface area contributed by atoms with E-state index in [1.54, 1.807) is 41.5 Å². The van der Waals surface area contributed by atoms with Gasteiger partial charge in [-0.3, -0.25) is 14.5 Å². The molecule has 3 aromatic rings. The van der Waals surface area contributed by atoms with Crippen molar-refractivity contribution in [3.8, 4) is 10.6 Å². The zero-order valence-corrected chi connectivity index (χ0v) is 17.1. The predicted molar refractivity (Wildman–Crippen MR) is 110 cm³/mol. The topological polar surface area (TPSA) is 91.6 Å². The number of aryl methyl sites for hydroxylation is 1. The number of piperazine rings is 1. The van der Waals surface area contributed by atoms with Crippen LogP contribution in [0.1, 0.15) is 16.2 Å². The van der Waals surface area contributed by atoms with Crippen LogP contribution >= 0.6 is 11.3 Å². The number of nitrogens with one attached hydrogen (secondary N) is 1. The van der Waals surface area contributed by atoms with Gasteiger partial charge in [-0.2, -0.15) is 0 Å². The lowest BCUT2D eigenvalue weighted by molar-refractivity contribution is -0.117. The van der Waals surface area contributed by atoms with Crippen LogP contribution in [0.25, 0.3) is 10.6 Å². The largest absolute Gasteiger partial charge is 0.360 e. The van der Waals surface area contributed by atoms with Crippen molar-refractivity contribution in [2.45, 2.75) is 6.92 Å². The number of benzene rings is 1. The van der Waals surface area contributed by atoms with Gasteiger partial charge in [-0.25, -0.2) is 9.37 Å². The van der Waals surface area contributed by atoms with Gasteiger partial charge >= 0.3 is 0 Å². The normalized spacial score (nSPS) is 14.7. The molecular formula is C20H20FN5O3S. The summed E-state index contributed by atoms with van der Waals surface area (Å²) in [6, 6.07) is 8.02. The van der Waals surface area contributed by atoms with E-state index < -0.39 is 0 Å². The molecule has 0 atom stereocenters. The lowest BCUT2D eigenvalue weighted by atomic mass is 10.2. The lowest BCUT2D eigenvalue weighted by Crippen LogP contribution is -2.50. The molecule has 1 N–H and O–H groups in total. The van der Waals surface area contributed by atoms with Crippen LogP contribution in [0.15, 0.2) is 40.2 Å². The minimum Gasteiger partial charge on any atom is -0.360 e. The lowest BCUT2D eigenvalue weighted by Gasteiger charge is -2.33. The second-order valence-electron chi connectivity index (χ2n) is 6.96. The van der Waals surface area contributed by atoms with Crippen LogP contribution in [-0.2, 0) is 4.79 Å². The summed E-state index contributed by atoms with van der Waals surface area (Å²) in [5, 5.41) is 8.56. The minimum atomic E-state index is -0.362. The summed E-state index contributed by atoms with van der Waals surface area (Å²) in [4.78, 5) is 32.9. The second-order valence-corrected chi connectivity index (χ2v) is 7.82. The third-order valence-corrected chi connectivity index (χ3v) is 5.63. The fourth-order valence-corrected chi connectivity index (χ4v) is 4.03. The number of halogens is 1. The Labute approximate surface area is 176 Å². The van der Waals surface area contributed by atoms with Crippen LogP contribution in [0.5, 0.6) is 0 Å². The van der Waals surface area contributed by atoms with E-state index in [4.69, 9.17) is 4.52 Å². The van der Waals surface area contributed by atoms with Gasteiger partial charge in [0.15, 0.2) is 5.82 Å². The number of amides is 2. The standard InChI is InChI=1S/C20H20FN5O3S/c1-13-10-17(24-29-13)23-18(27)11-25-6-8-26(9-7-25)20(28)16-12-30-19(22-16)14-4-2-3-5-15(14)21/h2-5,10,12H,6-9,11H2,1H3,(H,23,24,27). The molecule has 4 rings (SSSR count). The van der Waals surface area contributed by atoms with Crippen LogP contribution in [0.4, 0.5) is 10.2 Å². The number of carbonyl (C=O) groups excluding carboxylic acids is 2. The molecule has 30 heavy (non-hydrogen) atoms. The SMILES string of the molecule is Cc1cc(NC(=O)CN2CCN(C(=O)c3csc(-c4ccccc4F)n3)CC2)no1. The van der Waals surface area contributed by atoms with E-state index in [1.165, 1.54) is 17.4 Å². The van der Waals surface area contributed by atoms with Gasteiger partial charge in [-0.05, 0) is 19.1 Å². The Balaban J connectivity index is 1.30. The second kappa shape index (κ2) is 8.72. The fraction of sp³-hybridized carbons (Fsp3) is 0.300. The van der Waals surface area contributed by atoms with Gasteiger partial charge in [0.1, 0.15) is 22.3 Å². The number of rotatable bonds is 5. The molecule has 10 heteroatoms. The first kappa shape index (κ1) is 20.2. The van der Waals surface area contributed by atoms with E-state index in [1.807, 2.05) is 4.90 Å². The highest BCUT2D eigenvalue weighted by molar-refractivity contribution is 7.13. The zero-order valence-electron chi connectivity index (χ0n) is 16.3. The summed E-state index contributed by atoms with van der Waals surface area (Å²) in [5.74, 6) is 0.282. The molecule has 0 bridgehead atoms. The molecule has 0 radical (unpaired) electrons. The monoisotopic (exact) mass is 429 g/mol. The number of thiazole rings is 1. The number of hydrogen-bond acceptors (Lipinski definition) is 7. The molecular weight excluding hydrogens is 409 g/mol. The molecule has 0 unspecified atom stereocenters. The van der Waals surface area contributed by atoms with Crippen LogP contribution < -0.4 is 5.32 Å². The minimum absolute atomic E-state index is 0.183. The molecule has 1 saturated heterocycles. The molecule has 0 saturated carbocycles. The Bertz CT molecular complexity index is 1060. The summed E-state index contributed by atoms with van der Waals surface area (Å²) in [6.45, 7) is 4.08. The number of aromatic nitrogens is 2. The molecule has 1 aliphatic rings. The van der Waals surface area contributed by atoms with Gasteiger partial charge in [0.25, 0.3) is 5.91 Å². The van der Waals surface area contributed by atoms with Crippen molar-refractivity contribution < 1.29 is 18.5 Å². The Morgan fingerprint density at radius 2 is 2.00 bits per heavy atom. The number of carbonyl (C=O) groups is 2. The van der Waals surface area contributed by atoms with Crippen molar-refractivity contribution in [2.24, 2.45) is 0 Å². The highest BCUT2D eigenvalue weighted by Crippen LogP contribution is 2.26. The summed E-state index contributed by atoms with van der Waals surface area (Å²) in [7, 11) is 0. The molecule has 156 valence electrons. The van der Waals surface area contributed by atoms with Crippen molar-refractivity contribution >= 4 is 29.0 Å². The average molecular weight is 429 g/mol. The highest BCUT2D eigenvalue weighted by atomic mass is 32.1. The average Bonchev–Trinajstić information content (AvgIpc) is 3.37. The maximum Gasteiger partial charge on any atom is 0.273 e. The van der Waals surface area contributed by atoms with Crippen molar-refractivity contribution in [1.29, 1.82) is 0 Å². The number of hydrogen-bond donors (Lipinski definition) is 1. The molecule has 1 fully saturated rings. The van der Waals surface area contributed by atoms with E-state index in [-0.39, 0.29) is 24.2 Å². The van der Waals surface area contributed by atoms with Crippen LogP contribution in [-0.4, -0.2) is 64.5 Å². The van der Waals surface area contributed by atoms with Crippen molar-refractivity contribution in [3.05, 3.63) is 53.0 Å². The fourth-order valence-electron chi connectivity index (χ4n) is 3.21. The van der Waals surface area contributed by atoms with E-state index in [0.29, 0.717) is 54.0 Å². The first-order valence-electron chi connectivity index (χ1n) is 9.45. The smallest absolute Gasteiger partial charge is 0.273 e. The summed E-state index contributed by atoms with van der Waals surface area (Å²) < 4.78 is 18.9. The molecule has 0 aliphatic carbocycles. The van der Waals surface area contributed by atoms with Gasteiger partial charge in [0.2, 0.25) is 5.91 Å². The maximum atomic E-state index is 14.0. The number of anilines is 1. The van der Waals surface area contributed by atoms with E-state index in [9.17, 15) is 14.0 Å². The first-order valence-corrected chi connectivity index (χ1v) is 10.3. The molecule has 3 heterocycles. The summed E-state index contributed by atoms with van der Waals surface area (Å²) >= 11 is 1.25. The van der Waals surface area contributed by atoms with Gasteiger partial charge in [-0.1, -0.05) is 17.3 Å². The molecule has 8 nitrogen and oxygen atoms in total. The molecule has 2 aromatic heterocycles. The Kier molecular flexibility index (Phi) is 5.86.